The van der Waals surface area contributed by atoms with Crippen molar-refractivity contribution in [3.63, 3.8) is 0 Å². The van der Waals surface area contributed by atoms with E-state index in [1.165, 1.54) is 0 Å². The van der Waals surface area contributed by atoms with Gasteiger partial charge >= 0.3 is 12.5 Å². The number of alkyl halides is 3. The fourth-order valence-corrected chi connectivity index (χ4v) is 4.91. The Hall–Kier alpha value is -2.72. The molecule has 0 N–H and O–H groups in total. The average Bonchev–Trinajstić information content (AvgIpc) is 3.34. The van der Waals surface area contributed by atoms with E-state index in [4.69, 9.17) is 4.74 Å². The highest BCUT2D eigenvalue weighted by Gasteiger charge is 2.47. The van der Waals surface area contributed by atoms with Crippen molar-refractivity contribution in [3.05, 3.63) is 28.2 Å². The summed E-state index contributed by atoms with van der Waals surface area (Å²) < 4.78 is 50.4. The zero-order valence-electron chi connectivity index (χ0n) is 19.3. The molecule has 8 nitrogen and oxygen atoms in total. The number of nitrogens with zero attached hydrogens (tertiary/aromatic N) is 4. The molecule has 1 amide bonds. The second kappa shape index (κ2) is 7.95. The van der Waals surface area contributed by atoms with Crippen LogP contribution >= 0.6 is 0 Å². The number of halogens is 3. The Kier molecular flexibility index (Phi) is 5.65. The van der Waals surface area contributed by atoms with Gasteiger partial charge in [0.1, 0.15) is 11.2 Å². The van der Waals surface area contributed by atoms with Gasteiger partial charge in [-0.1, -0.05) is 13.8 Å². The number of piperidine rings is 1. The van der Waals surface area contributed by atoms with Crippen molar-refractivity contribution in [2.24, 2.45) is 11.8 Å². The Labute approximate surface area is 189 Å². The first kappa shape index (κ1) is 23.4. The molecule has 1 saturated heterocycles. The van der Waals surface area contributed by atoms with Gasteiger partial charge in [0.05, 0.1) is 0 Å². The molecule has 1 saturated carbocycles. The summed E-state index contributed by atoms with van der Waals surface area (Å²) in [5.41, 5.74) is -0.318. The van der Waals surface area contributed by atoms with Crippen LogP contribution in [0.15, 0.2) is 17.1 Å². The molecule has 4 rings (SSSR count). The maximum absolute atomic E-state index is 12.8. The lowest BCUT2D eigenvalue weighted by molar-refractivity contribution is -0.276. The van der Waals surface area contributed by atoms with Crippen molar-refractivity contribution in [1.82, 2.24) is 19.1 Å². The number of hydrogen-bond acceptors (Lipinski definition) is 5. The van der Waals surface area contributed by atoms with Crippen molar-refractivity contribution in [1.29, 1.82) is 0 Å². The second-order valence-corrected chi connectivity index (χ2v) is 10.3. The number of hydrogen-bond donors (Lipinski definition) is 0. The van der Waals surface area contributed by atoms with Crippen LogP contribution in [0, 0.1) is 11.8 Å². The predicted octanol–water partition coefficient (Wildman–Crippen LogP) is 4.16. The van der Waals surface area contributed by atoms with Crippen LogP contribution in [0.3, 0.4) is 0 Å². The molecule has 3 heterocycles. The van der Waals surface area contributed by atoms with E-state index in [1.807, 2.05) is 34.6 Å². The molecule has 2 aliphatic rings. The summed E-state index contributed by atoms with van der Waals surface area (Å²) in [6.07, 6.45) is -1.88. The maximum atomic E-state index is 12.8. The summed E-state index contributed by atoms with van der Waals surface area (Å²) in [7, 11) is 0. The number of ether oxygens (including phenoxy) is 2. The standard InChI is InChI=1S/C22H29F3N4O4/c1-12(2)16-11-27(18-8-17(32-22(23,24)25)26-29(18)19(16)30)9-13-6-15-7-14(13)10-28(15)20(31)33-21(3,4)5/h8,11-15H,6-7,9-10H2,1-5H3/t13-,14-,15+/m1/s1. The maximum Gasteiger partial charge on any atom is 0.574 e. The van der Waals surface area contributed by atoms with Crippen LogP contribution in [-0.2, 0) is 11.3 Å². The van der Waals surface area contributed by atoms with E-state index in [0.29, 0.717) is 18.7 Å². The monoisotopic (exact) mass is 470 g/mol. The zero-order chi connectivity index (χ0) is 24.3. The van der Waals surface area contributed by atoms with Crippen molar-refractivity contribution in [3.8, 4) is 5.88 Å². The lowest BCUT2D eigenvalue weighted by atomic mass is 9.94. The number of fused-ring (bicyclic) bond motifs is 3. The molecule has 11 heteroatoms. The van der Waals surface area contributed by atoms with Crippen LogP contribution in [0.4, 0.5) is 18.0 Å². The van der Waals surface area contributed by atoms with Crippen LogP contribution in [0.2, 0.25) is 0 Å². The molecule has 1 aliphatic carbocycles. The molecule has 0 aromatic carbocycles. The first-order valence-corrected chi connectivity index (χ1v) is 11.1. The van der Waals surface area contributed by atoms with Gasteiger partial charge < -0.3 is 18.9 Å². The van der Waals surface area contributed by atoms with Gasteiger partial charge in [-0.3, -0.25) is 4.79 Å². The molecule has 0 radical (unpaired) electrons. The molecule has 2 fully saturated rings. The second-order valence-electron chi connectivity index (χ2n) is 10.3. The molecule has 2 bridgehead atoms. The Morgan fingerprint density at radius 3 is 2.48 bits per heavy atom. The number of likely N-dealkylation sites (tertiary alicyclic amines) is 1. The van der Waals surface area contributed by atoms with E-state index in [-0.39, 0.29) is 35.5 Å². The molecule has 2 aromatic rings. The number of aromatic nitrogens is 3. The van der Waals surface area contributed by atoms with E-state index >= 15 is 0 Å². The molecule has 2 aromatic heterocycles. The Balaban J connectivity index is 1.59. The third-order valence-electron chi connectivity index (χ3n) is 6.29. The third kappa shape index (κ3) is 4.81. The lowest BCUT2D eigenvalue weighted by Gasteiger charge is -2.33. The van der Waals surface area contributed by atoms with Crippen LogP contribution in [0.1, 0.15) is 58.9 Å². The summed E-state index contributed by atoms with van der Waals surface area (Å²) >= 11 is 0. The largest absolute Gasteiger partial charge is 0.574 e. The van der Waals surface area contributed by atoms with E-state index in [2.05, 4.69) is 9.84 Å². The minimum Gasteiger partial charge on any atom is -0.444 e. The Morgan fingerprint density at radius 2 is 1.94 bits per heavy atom. The predicted molar refractivity (Wildman–Crippen MR) is 113 cm³/mol. The first-order valence-electron chi connectivity index (χ1n) is 11.1. The zero-order valence-corrected chi connectivity index (χ0v) is 19.3. The van der Waals surface area contributed by atoms with Gasteiger partial charge in [-0.05, 0) is 51.4 Å². The summed E-state index contributed by atoms with van der Waals surface area (Å²) in [6.45, 7) is 10.3. The molecule has 0 spiro atoms. The molecular formula is C22H29F3N4O4. The fourth-order valence-electron chi connectivity index (χ4n) is 4.91. The van der Waals surface area contributed by atoms with Gasteiger partial charge in [0.15, 0.2) is 0 Å². The van der Waals surface area contributed by atoms with Crippen LogP contribution in [0.5, 0.6) is 5.88 Å². The highest BCUT2D eigenvalue weighted by Crippen LogP contribution is 2.43. The van der Waals surface area contributed by atoms with E-state index in [0.717, 1.165) is 23.4 Å². The lowest BCUT2D eigenvalue weighted by Crippen LogP contribution is -2.43. The van der Waals surface area contributed by atoms with Gasteiger partial charge in [0, 0.05) is 37.0 Å². The Morgan fingerprint density at radius 1 is 1.24 bits per heavy atom. The molecule has 1 aliphatic heterocycles. The molecule has 182 valence electrons. The number of rotatable bonds is 4. The van der Waals surface area contributed by atoms with Crippen molar-refractivity contribution >= 4 is 11.7 Å². The minimum atomic E-state index is -4.90. The van der Waals surface area contributed by atoms with Crippen molar-refractivity contribution in [2.45, 2.75) is 77.9 Å². The molecular weight excluding hydrogens is 441 g/mol. The number of carbonyl (C=O) groups is 1. The quantitative estimate of drug-likeness (QED) is 0.671. The summed E-state index contributed by atoms with van der Waals surface area (Å²) in [6, 6.07) is 1.21. The van der Waals surface area contributed by atoms with Crippen LogP contribution in [-0.4, -0.2) is 49.7 Å². The van der Waals surface area contributed by atoms with Crippen molar-refractivity contribution < 1.29 is 27.4 Å². The van der Waals surface area contributed by atoms with Gasteiger partial charge in [0.2, 0.25) is 5.88 Å². The fraction of sp³-hybridized carbons (Fsp3) is 0.682. The first-order chi connectivity index (χ1) is 15.2. The van der Waals surface area contributed by atoms with E-state index in [9.17, 15) is 22.8 Å². The smallest absolute Gasteiger partial charge is 0.444 e. The van der Waals surface area contributed by atoms with Gasteiger partial charge in [-0.15, -0.1) is 18.3 Å². The molecule has 0 unspecified atom stereocenters. The highest BCUT2D eigenvalue weighted by atomic mass is 19.4. The van der Waals surface area contributed by atoms with Gasteiger partial charge in [-0.2, -0.15) is 4.52 Å². The number of carbonyl (C=O) groups excluding carboxylic acids is 1. The highest BCUT2D eigenvalue weighted by molar-refractivity contribution is 5.69. The summed E-state index contributed by atoms with van der Waals surface area (Å²) in [5, 5.41) is 3.76. The van der Waals surface area contributed by atoms with E-state index in [1.54, 1.807) is 15.7 Å². The Bertz CT molecular complexity index is 1120. The SMILES string of the molecule is CC(C)c1cn(C[C@H]2C[C@H]3C[C@@H]2CN3C(=O)OC(C)(C)C)c2cc(OC(F)(F)F)nn2c1=O. The van der Waals surface area contributed by atoms with Gasteiger partial charge in [-0.25, -0.2) is 4.79 Å². The summed E-state index contributed by atoms with van der Waals surface area (Å²) in [5.74, 6) is -0.342. The molecule has 3 atom stereocenters. The minimum absolute atomic E-state index is 0.0730. The topological polar surface area (TPSA) is 78.1 Å². The number of amides is 1. The van der Waals surface area contributed by atoms with Crippen LogP contribution in [0.25, 0.3) is 5.65 Å². The third-order valence-corrected chi connectivity index (χ3v) is 6.29. The molecule has 33 heavy (non-hydrogen) atoms. The van der Waals surface area contributed by atoms with Crippen molar-refractivity contribution in [2.75, 3.05) is 6.54 Å². The average molecular weight is 470 g/mol. The summed E-state index contributed by atoms with van der Waals surface area (Å²) in [4.78, 5) is 27.1. The van der Waals surface area contributed by atoms with Crippen LogP contribution < -0.4 is 10.3 Å². The normalized spacial score (nSPS) is 23.1. The van der Waals surface area contributed by atoms with E-state index < -0.39 is 23.4 Å². The van der Waals surface area contributed by atoms with Gasteiger partial charge in [0.25, 0.3) is 5.56 Å².